The second-order valence-electron chi connectivity index (χ2n) is 4.38. The molecule has 0 aromatic heterocycles. The number of hydrogen-bond acceptors (Lipinski definition) is 4. The van der Waals surface area contributed by atoms with Crippen LogP contribution in [0, 0.1) is 5.92 Å². The van der Waals surface area contributed by atoms with E-state index in [4.69, 9.17) is 9.47 Å². The van der Waals surface area contributed by atoms with E-state index in [1.54, 1.807) is 19.2 Å². The molecule has 2 N–H and O–H groups in total. The molecule has 4 nitrogen and oxygen atoms in total. The normalized spacial score (nSPS) is 14.4. The molecule has 0 aliphatic carbocycles. The van der Waals surface area contributed by atoms with Crippen molar-refractivity contribution < 1.29 is 19.7 Å². The highest BCUT2D eigenvalue weighted by atomic mass is 79.9. The van der Waals surface area contributed by atoms with Gasteiger partial charge in [0.25, 0.3) is 0 Å². The van der Waals surface area contributed by atoms with Crippen molar-refractivity contribution >= 4 is 15.9 Å². The van der Waals surface area contributed by atoms with E-state index in [-0.39, 0.29) is 5.92 Å². The lowest BCUT2D eigenvalue weighted by molar-refractivity contribution is -0.0106. The van der Waals surface area contributed by atoms with Gasteiger partial charge in [-0.3, -0.25) is 0 Å². The Kier molecular flexibility index (Phi) is 5.44. The standard InChI is InChI=1S/C13H19BrO4/c1-7(2)11(15)12(16)8-5-6-9(17-3)10(14)13(8)18-4/h5-7,11-12,15-16H,1-4H3. The molecular formula is C13H19BrO4. The topological polar surface area (TPSA) is 58.9 Å². The summed E-state index contributed by atoms with van der Waals surface area (Å²) in [5, 5.41) is 20.1. The highest BCUT2D eigenvalue weighted by Gasteiger charge is 2.26. The maximum absolute atomic E-state index is 10.2. The summed E-state index contributed by atoms with van der Waals surface area (Å²) in [6.07, 6.45) is -1.85. The maximum atomic E-state index is 10.2. The van der Waals surface area contributed by atoms with Gasteiger partial charge in [-0.2, -0.15) is 0 Å². The molecule has 0 saturated carbocycles. The Morgan fingerprint density at radius 3 is 2.17 bits per heavy atom. The molecule has 0 radical (unpaired) electrons. The first-order valence-corrected chi connectivity index (χ1v) is 6.49. The second-order valence-corrected chi connectivity index (χ2v) is 5.18. The van der Waals surface area contributed by atoms with E-state index >= 15 is 0 Å². The molecule has 0 aliphatic rings. The molecule has 1 aromatic rings. The highest BCUT2D eigenvalue weighted by Crippen LogP contribution is 2.40. The highest BCUT2D eigenvalue weighted by molar-refractivity contribution is 9.10. The van der Waals surface area contributed by atoms with E-state index in [0.717, 1.165) is 0 Å². The van der Waals surface area contributed by atoms with Crippen LogP contribution in [-0.4, -0.2) is 30.5 Å². The van der Waals surface area contributed by atoms with Crippen LogP contribution in [-0.2, 0) is 0 Å². The zero-order valence-electron chi connectivity index (χ0n) is 11.0. The van der Waals surface area contributed by atoms with Crippen LogP contribution in [0.25, 0.3) is 0 Å². The van der Waals surface area contributed by atoms with Crippen molar-refractivity contribution in [2.24, 2.45) is 5.92 Å². The van der Waals surface area contributed by atoms with E-state index in [0.29, 0.717) is 21.5 Å². The molecule has 0 fully saturated rings. The molecule has 0 saturated heterocycles. The monoisotopic (exact) mass is 318 g/mol. The summed E-state index contributed by atoms with van der Waals surface area (Å²) in [5.74, 6) is 1.04. The summed E-state index contributed by atoms with van der Waals surface area (Å²) in [4.78, 5) is 0. The van der Waals surface area contributed by atoms with Crippen LogP contribution in [0.5, 0.6) is 11.5 Å². The van der Waals surface area contributed by atoms with Gasteiger partial charge in [0, 0.05) is 5.56 Å². The lowest BCUT2D eigenvalue weighted by atomic mass is 9.95. The Morgan fingerprint density at radius 1 is 1.11 bits per heavy atom. The fourth-order valence-electron chi connectivity index (χ4n) is 1.70. The molecule has 0 spiro atoms. The first-order chi connectivity index (χ1) is 8.43. The van der Waals surface area contributed by atoms with Gasteiger partial charge >= 0.3 is 0 Å². The number of hydrogen-bond donors (Lipinski definition) is 2. The molecule has 5 heteroatoms. The number of ether oxygens (including phenoxy) is 2. The molecule has 2 atom stereocenters. The average Bonchev–Trinajstić information content (AvgIpc) is 2.36. The molecule has 18 heavy (non-hydrogen) atoms. The lowest BCUT2D eigenvalue weighted by Gasteiger charge is -2.24. The number of aliphatic hydroxyl groups excluding tert-OH is 2. The predicted molar refractivity (Wildman–Crippen MR) is 73.1 cm³/mol. The van der Waals surface area contributed by atoms with Gasteiger partial charge in [-0.15, -0.1) is 0 Å². The SMILES string of the molecule is COc1ccc(C(O)C(O)C(C)C)c(OC)c1Br. The van der Waals surface area contributed by atoms with Crippen molar-refractivity contribution in [2.75, 3.05) is 14.2 Å². The van der Waals surface area contributed by atoms with Gasteiger partial charge in [-0.25, -0.2) is 0 Å². The number of methoxy groups -OCH3 is 2. The minimum atomic E-state index is -0.998. The molecule has 1 rings (SSSR count). The van der Waals surface area contributed by atoms with Gasteiger partial charge in [-0.1, -0.05) is 13.8 Å². The summed E-state index contributed by atoms with van der Waals surface area (Å²) < 4.78 is 11.1. The van der Waals surface area contributed by atoms with Crippen LogP contribution >= 0.6 is 15.9 Å². The summed E-state index contributed by atoms with van der Waals surface area (Å²) in [6.45, 7) is 3.69. The van der Waals surface area contributed by atoms with Crippen molar-refractivity contribution in [3.63, 3.8) is 0 Å². The van der Waals surface area contributed by atoms with Crippen LogP contribution in [0.1, 0.15) is 25.5 Å². The second kappa shape index (κ2) is 6.41. The minimum Gasteiger partial charge on any atom is -0.495 e. The van der Waals surface area contributed by atoms with Crippen LogP contribution in [0.3, 0.4) is 0 Å². The van der Waals surface area contributed by atoms with Gasteiger partial charge in [0.15, 0.2) is 0 Å². The van der Waals surface area contributed by atoms with E-state index in [9.17, 15) is 10.2 Å². The molecule has 102 valence electrons. The summed E-state index contributed by atoms with van der Waals surface area (Å²) >= 11 is 3.36. The third-order valence-corrected chi connectivity index (χ3v) is 3.59. The molecule has 1 aromatic carbocycles. The first kappa shape index (κ1) is 15.3. The van der Waals surface area contributed by atoms with Gasteiger partial charge in [0.1, 0.15) is 22.1 Å². The Bertz CT molecular complexity index is 406. The first-order valence-electron chi connectivity index (χ1n) is 5.70. The van der Waals surface area contributed by atoms with E-state index < -0.39 is 12.2 Å². The smallest absolute Gasteiger partial charge is 0.142 e. The third kappa shape index (κ3) is 2.96. The summed E-state index contributed by atoms with van der Waals surface area (Å²) in [7, 11) is 3.07. The quantitative estimate of drug-likeness (QED) is 0.875. The van der Waals surface area contributed by atoms with Crippen LogP contribution in [0.2, 0.25) is 0 Å². The Hall–Kier alpha value is -0.780. The van der Waals surface area contributed by atoms with Crippen molar-refractivity contribution in [1.82, 2.24) is 0 Å². The Labute approximate surface area is 116 Å². The average molecular weight is 319 g/mol. The van der Waals surface area contributed by atoms with Crippen molar-refractivity contribution in [1.29, 1.82) is 0 Å². The molecule has 0 bridgehead atoms. The number of benzene rings is 1. The zero-order chi connectivity index (χ0) is 13.9. The fourth-order valence-corrected chi connectivity index (χ4v) is 2.38. The molecular weight excluding hydrogens is 300 g/mol. The number of rotatable bonds is 5. The predicted octanol–water partition coefficient (Wildman–Crippen LogP) is 2.52. The third-order valence-electron chi connectivity index (χ3n) is 2.84. The molecule has 0 aliphatic heterocycles. The Morgan fingerprint density at radius 2 is 1.72 bits per heavy atom. The van der Waals surface area contributed by atoms with E-state index in [1.165, 1.54) is 7.11 Å². The van der Waals surface area contributed by atoms with E-state index in [1.807, 2.05) is 13.8 Å². The van der Waals surface area contributed by atoms with Gasteiger partial charge in [0.05, 0.1) is 20.3 Å². The Balaban J connectivity index is 3.20. The fraction of sp³-hybridized carbons (Fsp3) is 0.538. The molecule has 2 unspecified atom stereocenters. The van der Waals surface area contributed by atoms with Crippen molar-refractivity contribution in [2.45, 2.75) is 26.1 Å². The van der Waals surface area contributed by atoms with Crippen LogP contribution in [0.4, 0.5) is 0 Å². The largest absolute Gasteiger partial charge is 0.495 e. The summed E-state index contributed by atoms with van der Waals surface area (Å²) in [6, 6.07) is 3.41. The van der Waals surface area contributed by atoms with Gasteiger partial charge in [0.2, 0.25) is 0 Å². The van der Waals surface area contributed by atoms with Crippen LogP contribution < -0.4 is 9.47 Å². The lowest BCUT2D eigenvalue weighted by Crippen LogP contribution is -2.24. The van der Waals surface area contributed by atoms with Gasteiger partial charge in [-0.05, 0) is 34.0 Å². The van der Waals surface area contributed by atoms with Gasteiger partial charge < -0.3 is 19.7 Å². The minimum absolute atomic E-state index is 0.0504. The molecule has 0 heterocycles. The number of aliphatic hydroxyl groups is 2. The zero-order valence-corrected chi connectivity index (χ0v) is 12.6. The van der Waals surface area contributed by atoms with Crippen molar-refractivity contribution in [3.8, 4) is 11.5 Å². The summed E-state index contributed by atoms with van der Waals surface area (Å²) in [5.41, 5.74) is 0.534. The van der Waals surface area contributed by atoms with E-state index in [2.05, 4.69) is 15.9 Å². The number of halogens is 1. The maximum Gasteiger partial charge on any atom is 0.142 e. The molecule has 0 amide bonds. The van der Waals surface area contributed by atoms with Crippen LogP contribution in [0.15, 0.2) is 16.6 Å². The van der Waals surface area contributed by atoms with Crippen molar-refractivity contribution in [3.05, 3.63) is 22.2 Å².